The molecule has 3 heteroatoms. The van der Waals surface area contributed by atoms with E-state index in [1.54, 1.807) is 12.1 Å². The molecule has 0 amide bonds. The standard InChI is InChI=1S/C15H14FNO/c16-13-7-3-1-5-11(13)9-17-14-10-18-15-8-4-2-6-12(14)15/h1-8,14,17H,9-10H2. The van der Waals surface area contributed by atoms with Crippen LogP contribution >= 0.6 is 0 Å². The predicted octanol–water partition coefficient (Wildman–Crippen LogP) is 3.05. The number of para-hydroxylation sites is 1. The molecule has 1 aliphatic rings. The average molecular weight is 243 g/mol. The van der Waals surface area contributed by atoms with Crippen LogP contribution in [0.4, 0.5) is 4.39 Å². The van der Waals surface area contributed by atoms with E-state index in [-0.39, 0.29) is 11.9 Å². The maximum absolute atomic E-state index is 13.5. The molecule has 1 heterocycles. The minimum Gasteiger partial charge on any atom is -0.491 e. The SMILES string of the molecule is Fc1ccccc1CNC1COc2ccccc21. The van der Waals surface area contributed by atoms with Crippen LogP contribution in [0, 0.1) is 5.82 Å². The molecule has 18 heavy (non-hydrogen) atoms. The Balaban J connectivity index is 1.71. The quantitative estimate of drug-likeness (QED) is 0.894. The van der Waals surface area contributed by atoms with Gasteiger partial charge in [-0.2, -0.15) is 0 Å². The Hall–Kier alpha value is -1.87. The van der Waals surface area contributed by atoms with E-state index >= 15 is 0 Å². The van der Waals surface area contributed by atoms with Crippen LogP contribution in [-0.4, -0.2) is 6.61 Å². The number of benzene rings is 2. The molecule has 0 spiro atoms. The molecule has 0 bridgehead atoms. The number of hydrogen-bond donors (Lipinski definition) is 1. The third-order valence-corrected chi connectivity index (χ3v) is 3.20. The zero-order valence-electron chi connectivity index (χ0n) is 9.90. The highest BCUT2D eigenvalue weighted by Gasteiger charge is 2.22. The van der Waals surface area contributed by atoms with Crippen LogP contribution in [-0.2, 0) is 6.54 Å². The molecule has 1 N–H and O–H groups in total. The Morgan fingerprint density at radius 1 is 1.11 bits per heavy atom. The predicted molar refractivity (Wildman–Crippen MR) is 67.9 cm³/mol. The van der Waals surface area contributed by atoms with E-state index in [0.29, 0.717) is 18.7 Å². The maximum atomic E-state index is 13.5. The van der Waals surface area contributed by atoms with Crippen molar-refractivity contribution in [2.75, 3.05) is 6.61 Å². The van der Waals surface area contributed by atoms with E-state index < -0.39 is 0 Å². The lowest BCUT2D eigenvalue weighted by molar-refractivity contribution is 0.310. The van der Waals surface area contributed by atoms with E-state index in [2.05, 4.69) is 5.32 Å². The molecular formula is C15H14FNO. The van der Waals surface area contributed by atoms with Gasteiger partial charge in [-0.25, -0.2) is 4.39 Å². The van der Waals surface area contributed by atoms with Crippen molar-refractivity contribution in [3.05, 3.63) is 65.5 Å². The number of ether oxygens (including phenoxy) is 1. The first-order valence-corrected chi connectivity index (χ1v) is 6.03. The van der Waals surface area contributed by atoms with Crippen molar-refractivity contribution in [3.63, 3.8) is 0 Å². The second-order valence-electron chi connectivity index (χ2n) is 4.37. The first-order valence-electron chi connectivity index (χ1n) is 6.03. The van der Waals surface area contributed by atoms with Gasteiger partial charge in [0.05, 0.1) is 6.04 Å². The number of halogens is 1. The fourth-order valence-electron chi connectivity index (χ4n) is 2.21. The Kier molecular flexibility index (Phi) is 2.99. The van der Waals surface area contributed by atoms with Gasteiger partial charge in [0.1, 0.15) is 18.2 Å². The lowest BCUT2D eigenvalue weighted by Gasteiger charge is -2.12. The molecule has 2 aromatic rings. The molecule has 92 valence electrons. The molecule has 0 aromatic heterocycles. The normalized spacial score (nSPS) is 17.3. The van der Waals surface area contributed by atoms with E-state index in [1.165, 1.54) is 6.07 Å². The van der Waals surface area contributed by atoms with Crippen molar-refractivity contribution >= 4 is 0 Å². The van der Waals surface area contributed by atoms with Crippen LogP contribution in [0.25, 0.3) is 0 Å². The lowest BCUT2D eigenvalue weighted by Crippen LogP contribution is -2.22. The van der Waals surface area contributed by atoms with Gasteiger partial charge in [-0.3, -0.25) is 0 Å². The molecule has 0 fully saturated rings. The molecule has 2 aromatic carbocycles. The van der Waals surface area contributed by atoms with Gasteiger partial charge in [-0.15, -0.1) is 0 Å². The van der Waals surface area contributed by atoms with Crippen LogP contribution in [0.2, 0.25) is 0 Å². The second-order valence-corrected chi connectivity index (χ2v) is 4.37. The summed E-state index contributed by atoms with van der Waals surface area (Å²) in [5, 5.41) is 3.33. The third kappa shape index (κ3) is 2.09. The number of hydrogen-bond acceptors (Lipinski definition) is 2. The molecule has 1 unspecified atom stereocenters. The fourth-order valence-corrected chi connectivity index (χ4v) is 2.21. The van der Waals surface area contributed by atoms with E-state index in [1.807, 2.05) is 30.3 Å². The van der Waals surface area contributed by atoms with Crippen LogP contribution < -0.4 is 10.1 Å². The van der Waals surface area contributed by atoms with Crippen molar-refractivity contribution in [2.24, 2.45) is 0 Å². The summed E-state index contributed by atoms with van der Waals surface area (Å²) >= 11 is 0. The Bertz CT molecular complexity index is 556. The maximum Gasteiger partial charge on any atom is 0.127 e. The zero-order valence-corrected chi connectivity index (χ0v) is 9.90. The summed E-state index contributed by atoms with van der Waals surface area (Å²) in [6.07, 6.45) is 0. The van der Waals surface area contributed by atoms with Gasteiger partial charge in [-0.05, 0) is 12.1 Å². The lowest BCUT2D eigenvalue weighted by atomic mass is 10.1. The second kappa shape index (κ2) is 4.78. The summed E-state index contributed by atoms with van der Waals surface area (Å²) in [6, 6.07) is 14.9. The van der Waals surface area contributed by atoms with Crippen molar-refractivity contribution in [3.8, 4) is 5.75 Å². The van der Waals surface area contributed by atoms with Crippen molar-refractivity contribution in [2.45, 2.75) is 12.6 Å². The monoisotopic (exact) mass is 243 g/mol. The minimum absolute atomic E-state index is 0.140. The average Bonchev–Trinajstić information content (AvgIpc) is 2.81. The van der Waals surface area contributed by atoms with Crippen LogP contribution in [0.15, 0.2) is 48.5 Å². The number of fused-ring (bicyclic) bond motifs is 1. The van der Waals surface area contributed by atoms with Crippen molar-refractivity contribution in [1.29, 1.82) is 0 Å². The summed E-state index contributed by atoms with van der Waals surface area (Å²) in [5.41, 5.74) is 1.83. The zero-order chi connectivity index (χ0) is 12.4. The summed E-state index contributed by atoms with van der Waals surface area (Å²) < 4.78 is 19.1. The summed E-state index contributed by atoms with van der Waals surface area (Å²) in [6.45, 7) is 1.11. The van der Waals surface area contributed by atoms with Gasteiger partial charge in [-0.1, -0.05) is 36.4 Å². The van der Waals surface area contributed by atoms with Crippen molar-refractivity contribution in [1.82, 2.24) is 5.32 Å². The Morgan fingerprint density at radius 2 is 1.89 bits per heavy atom. The van der Waals surface area contributed by atoms with Gasteiger partial charge in [0, 0.05) is 17.7 Å². The largest absolute Gasteiger partial charge is 0.491 e. The van der Waals surface area contributed by atoms with E-state index in [9.17, 15) is 4.39 Å². The molecule has 1 atom stereocenters. The van der Waals surface area contributed by atoms with Gasteiger partial charge in [0.15, 0.2) is 0 Å². The molecule has 2 nitrogen and oxygen atoms in total. The third-order valence-electron chi connectivity index (χ3n) is 3.20. The molecule has 3 rings (SSSR count). The number of rotatable bonds is 3. The van der Waals surface area contributed by atoms with E-state index in [4.69, 9.17) is 4.74 Å². The molecule has 0 saturated heterocycles. The highest BCUT2D eigenvalue weighted by Crippen LogP contribution is 2.31. The van der Waals surface area contributed by atoms with Gasteiger partial charge in [0.25, 0.3) is 0 Å². The summed E-state index contributed by atoms with van der Waals surface area (Å²) in [7, 11) is 0. The Labute approximate surface area is 105 Å². The molecule has 1 aliphatic heterocycles. The molecular weight excluding hydrogens is 229 g/mol. The molecule has 0 aliphatic carbocycles. The highest BCUT2D eigenvalue weighted by molar-refractivity contribution is 5.39. The first-order chi connectivity index (χ1) is 8.84. The highest BCUT2D eigenvalue weighted by atomic mass is 19.1. The number of nitrogens with one attached hydrogen (secondary N) is 1. The van der Waals surface area contributed by atoms with Crippen LogP contribution in [0.3, 0.4) is 0 Å². The molecule has 0 saturated carbocycles. The Morgan fingerprint density at radius 3 is 2.78 bits per heavy atom. The minimum atomic E-state index is -0.169. The van der Waals surface area contributed by atoms with Crippen LogP contribution in [0.5, 0.6) is 5.75 Å². The molecule has 0 radical (unpaired) electrons. The summed E-state index contributed by atoms with van der Waals surface area (Å²) in [4.78, 5) is 0. The smallest absolute Gasteiger partial charge is 0.127 e. The van der Waals surface area contributed by atoms with E-state index in [0.717, 1.165) is 11.3 Å². The van der Waals surface area contributed by atoms with Gasteiger partial charge >= 0.3 is 0 Å². The first kappa shape index (κ1) is 11.2. The fraction of sp³-hybridized carbons (Fsp3) is 0.200. The van der Waals surface area contributed by atoms with Gasteiger partial charge in [0.2, 0.25) is 0 Å². The summed E-state index contributed by atoms with van der Waals surface area (Å²) in [5.74, 6) is 0.751. The van der Waals surface area contributed by atoms with Crippen molar-refractivity contribution < 1.29 is 9.13 Å². The van der Waals surface area contributed by atoms with Gasteiger partial charge < -0.3 is 10.1 Å². The van der Waals surface area contributed by atoms with Crippen LogP contribution in [0.1, 0.15) is 17.2 Å². The topological polar surface area (TPSA) is 21.3 Å².